The minimum Gasteiger partial charge on any atom is -0.366 e. The highest BCUT2D eigenvalue weighted by atomic mass is 28.1. The maximum atomic E-state index is 5.73. The third-order valence-corrected chi connectivity index (χ3v) is 3.40. The van der Waals surface area contributed by atoms with E-state index in [1.807, 2.05) is 0 Å². The molecule has 0 bridgehead atoms. The lowest BCUT2D eigenvalue weighted by atomic mass is 9.87. The van der Waals surface area contributed by atoms with Crippen LogP contribution < -0.4 is 0 Å². The maximum absolute atomic E-state index is 5.73. The molecule has 2 aliphatic rings. The highest BCUT2D eigenvalue weighted by Gasteiger charge is 2.55. The Kier molecular flexibility index (Phi) is 1.61. The van der Waals surface area contributed by atoms with Crippen LogP contribution in [0.5, 0.6) is 0 Å². The van der Waals surface area contributed by atoms with Crippen LogP contribution in [0.4, 0.5) is 0 Å². The van der Waals surface area contributed by atoms with E-state index in [9.17, 15) is 0 Å². The Morgan fingerprint density at radius 1 is 1.50 bits per heavy atom. The fourth-order valence-electron chi connectivity index (χ4n) is 2.31. The van der Waals surface area contributed by atoms with E-state index >= 15 is 0 Å². The average molecular weight is 156 g/mol. The van der Waals surface area contributed by atoms with E-state index in [0.29, 0.717) is 11.7 Å². The zero-order valence-electron chi connectivity index (χ0n) is 6.73. The maximum Gasteiger partial charge on any atom is 0.0945 e. The largest absolute Gasteiger partial charge is 0.366 e. The summed E-state index contributed by atoms with van der Waals surface area (Å²) in [5, 5.41) is 0. The summed E-state index contributed by atoms with van der Waals surface area (Å²) >= 11 is 0. The molecule has 2 rings (SSSR count). The normalized spacial score (nSPS) is 45.0. The van der Waals surface area contributed by atoms with Gasteiger partial charge in [0.15, 0.2) is 0 Å². The van der Waals surface area contributed by atoms with E-state index in [1.165, 1.54) is 48.4 Å². The van der Waals surface area contributed by atoms with Crippen molar-refractivity contribution in [2.24, 2.45) is 0 Å². The molecule has 1 aliphatic carbocycles. The summed E-state index contributed by atoms with van der Waals surface area (Å²) in [5.74, 6) is 0. The molecular formula is C8H16OSi. The molecule has 0 radical (unpaired) electrons. The summed E-state index contributed by atoms with van der Waals surface area (Å²) in [5.41, 5.74) is 0.431. The van der Waals surface area contributed by atoms with Gasteiger partial charge >= 0.3 is 0 Å². The van der Waals surface area contributed by atoms with E-state index in [1.54, 1.807) is 0 Å². The van der Waals surface area contributed by atoms with Gasteiger partial charge in [0.25, 0.3) is 0 Å². The minimum absolute atomic E-state index is 0.431. The standard InChI is InChI=1S/C8H16OSi/c10-6-5-8-4-2-1-3-7(8)9-8/h7H,1-6H2,10H3. The molecule has 58 valence electrons. The molecule has 1 aliphatic heterocycles. The predicted molar refractivity (Wildman–Crippen MR) is 45.4 cm³/mol. The Morgan fingerprint density at radius 3 is 3.10 bits per heavy atom. The first-order chi connectivity index (χ1) is 4.87. The van der Waals surface area contributed by atoms with Crippen molar-refractivity contribution in [1.82, 2.24) is 0 Å². The molecule has 2 fully saturated rings. The third-order valence-electron chi connectivity index (χ3n) is 2.90. The molecule has 1 heterocycles. The number of epoxide rings is 1. The topological polar surface area (TPSA) is 12.5 Å². The van der Waals surface area contributed by atoms with Crippen molar-refractivity contribution in [1.29, 1.82) is 0 Å². The smallest absolute Gasteiger partial charge is 0.0945 e. The fourth-order valence-corrected chi connectivity index (χ4v) is 3.16. The van der Waals surface area contributed by atoms with Gasteiger partial charge in [-0.25, -0.2) is 0 Å². The monoisotopic (exact) mass is 156 g/mol. The molecule has 1 saturated heterocycles. The van der Waals surface area contributed by atoms with Crippen LogP contribution in [0.25, 0.3) is 0 Å². The number of hydrogen-bond acceptors (Lipinski definition) is 1. The Labute approximate surface area is 65.6 Å². The lowest BCUT2D eigenvalue weighted by Crippen LogP contribution is -2.18. The summed E-state index contributed by atoms with van der Waals surface area (Å²) in [6, 6.07) is 1.43. The lowest BCUT2D eigenvalue weighted by molar-refractivity contribution is 0.279. The van der Waals surface area contributed by atoms with Gasteiger partial charge in [0.05, 0.1) is 11.7 Å². The lowest BCUT2D eigenvalue weighted by Gasteiger charge is -2.15. The van der Waals surface area contributed by atoms with E-state index in [0.717, 1.165) is 0 Å². The highest BCUT2D eigenvalue weighted by Crippen LogP contribution is 2.50. The Bertz CT molecular complexity index is 133. The van der Waals surface area contributed by atoms with Gasteiger partial charge in [-0.1, -0.05) is 18.9 Å². The second-order valence-electron chi connectivity index (χ2n) is 3.67. The summed E-state index contributed by atoms with van der Waals surface area (Å²) < 4.78 is 5.73. The molecule has 0 aromatic heterocycles. The van der Waals surface area contributed by atoms with E-state index in [-0.39, 0.29) is 0 Å². The first kappa shape index (κ1) is 6.86. The SMILES string of the molecule is [SiH3]CCC12CCCCC1O2. The second kappa shape index (κ2) is 2.34. The molecule has 0 aromatic rings. The molecule has 0 amide bonds. The van der Waals surface area contributed by atoms with Crippen LogP contribution in [-0.2, 0) is 4.74 Å². The van der Waals surface area contributed by atoms with Crippen molar-refractivity contribution >= 4 is 10.2 Å². The van der Waals surface area contributed by atoms with Crippen LogP contribution >= 0.6 is 0 Å². The Hall–Kier alpha value is 0.177. The quantitative estimate of drug-likeness (QED) is 0.427. The van der Waals surface area contributed by atoms with Crippen LogP contribution in [-0.4, -0.2) is 21.9 Å². The van der Waals surface area contributed by atoms with Crippen LogP contribution in [0.15, 0.2) is 0 Å². The van der Waals surface area contributed by atoms with Gasteiger partial charge in [-0.15, -0.1) is 0 Å². The van der Waals surface area contributed by atoms with Crippen LogP contribution in [0.1, 0.15) is 32.1 Å². The Balaban J connectivity index is 1.92. The number of fused-ring (bicyclic) bond motifs is 1. The zero-order valence-corrected chi connectivity index (χ0v) is 8.73. The highest BCUT2D eigenvalue weighted by molar-refractivity contribution is 6.08. The van der Waals surface area contributed by atoms with Gasteiger partial charge in [0, 0.05) is 10.2 Å². The van der Waals surface area contributed by atoms with E-state index in [4.69, 9.17) is 4.74 Å². The zero-order chi connectivity index (χ0) is 7.03. The van der Waals surface area contributed by atoms with E-state index in [2.05, 4.69) is 0 Å². The van der Waals surface area contributed by atoms with Gasteiger partial charge in [-0.2, -0.15) is 0 Å². The molecule has 1 nitrogen and oxygen atoms in total. The molecule has 2 unspecified atom stereocenters. The van der Waals surface area contributed by atoms with Gasteiger partial charge in [0.2, 0.25) is 0 Å². The molecule has 2 atom stereocenters. The second-order valence-corrected chi connectivity index (χ2v) is 4.67. The molecule has 0 N–H and O–H groups in total. The summed E-state index contributed by atoms with van der Waals surface area (Å²) in [4.78, 5) is 0. The molecule has 0 spiro atoms. The van der Waals surface area contributed by atoms with Crippen LogP contribution in [0, 0.1) is 0 Å². The van der Waals surface area contributed by atoms with Crippen molar-refractivity contribution in [3.05, 3.63) is 0 Å². The van der Waals surface area contributed by atoms with Crippen LogP contribution in [0.2, 0.25) is 6.04 Å². The van der Waals surface area contributed by atoms with Crippen LogP contribution in [0.3, 0.4) is 0 Å². The Morgan fingerprint density at radius 2 is 2.40 bits per heavy atom. The van der Waals surface area contributed by atoms with Crippen molar-refractivity contribution < 1.29 is 4.74 Å². The summed E-state index contributed by atoms with van der Waals surface area (Å²) in [6.45, 7) is 0. The van der Waals surface area contributed by atoms with Crippen molar-refractivity contribution in [2.75, 3.05) is 0 Å². The molecule has 0 aromatic carbocycles. The van der Waals surface area contributed by atoms with Gasteiger partial charge in [0.1, 0.15) is 0 Å². The van der Waals surface area contributed by atoms with Gasteiger partial charge in [-0.3, -0.25) is 0 Å². The number of rotatable bonds is 2. The summed E-state index contributed by atoms with van der Waals surface area (Å²) in [7, 11) is 1.35. The van der Waals surface area contributed by atoms with Crippen molar-refractivity contribution in [2.45, 2.75) is 49.9 Å². The number of ether oxygens (including phenoxy) is 1. The molecular weight excluding hydrogens is 140 g/mol. The first-order valence-corrected chi connectivity index (χ1v) is 5.97. The predicted octanol–water partition coefficient (Wildman–Crippen LogP) is 0.872. The average Bonchev–Trinajstić information content (AvgIpc) is 2.62. The molecule has 2 heteroatoms. The molecule has 1 saturated carbocycles. The van der Waals surface area contributed by atoms with Crippen molar-refractivity contribution in [3.8, 4) is 0 Å². The van der Waals surface area contributed by atoms with Crippen molar-refractivity contribution in [3.63, 3.8) is 0 Å². The fraction of sp³-hybridized carbons (Fsp3) is 1.00. The number of hydrogen-bond donors (Lipinski definition) is 0. The first-order valence-electron chi connectivity index (χ1n) is 4.55. The van der Waals surface area contributed by atoms with E-state index < -0.39 is 0 Å². The van der Waals surface area contributed by atoms with Gasteiger partial charge in [-0.05, 0) is 19.3 Å². The third kappa shape index (κ3) is 0.939. The minimum atomic E-state index is 0.431. The molecule has 10 heavy (non-hydrogen) atoms. The summed E-state index contributed by atoms with van der Waals surface area (Å²) in [6.07, 6.45) is 7.59. The van der Waals surface area contributed by atoms with Gasteiger partial charge < -0.3 is 4.74 Å².